The van der Waals surface area contributed by atoms with Crippen molar-refractivity contribution in [1.29, 1.82) is 0 Å². The highest BCUT2D eigenvalue weighted by Crippen LogP contribution is 2.23. The molecule has 0 saturated heterocycles. The van der Waals surface area contributed by atoms with Gasteiger partial charge >= 0.3 is 0 Å². The molecule has 0 spiro atoms. The van der Waals surface area contributed by atoms with Gasteiger partial charge in [0.05, 0.1) is 0 Å². The monoisotopic (exact) mass is 399 g/mol. The van der Waals surface area contributed by atoms with Crippen LogP contribution in [0.5, 0.6) is 5.75 Å². The van der Waals surface area contributed by atoms with E-state index in [1.165, 1.54) is 0 Å². The fraction of sp³-hybridized carbons (Fsp3) is 0.136. The van der Waals surface area contributed by atoms with E-state index in [-0.39, 0.29) is 5.91 Å². The number of halogens is 2. The molecular formula is C22H19Cl2NO2. The lowest BCUT2D eigenvalue weighted by atomic mass is 10.1. The molecule has 5 heteroatoms. The van der Waals surface area contributed by atoms with Gasteiger partial charge in [0.25, 0.3) is 5.91 Å². The number of amides is 1. The van der Waals surface area contributed by atoms with Gasteiger partial charge in [-0.05, 0) is 47.9 Å². The summed E-state index contributed by atoms with van der Waals surface area (Å²) in [5, 5.41) is 3.91. The van der Waals surface area contributed by atoms with E-state index in [2.05, 4.69) is 5.32 Å². The maximum absolute atomic E-state index is 12.3. The third kappa shape index (κ3) is 5.25. The minimum atomic E-state index is -0.626. The number of rotatable bonds is 6. The predicted octanol–water partition coefficient (Wildman–Crippen LogP) is 5.74. The Kier molecular flexibility index (Phi) is 6.38. The smallest absolute Gasteiger partial charge is 0.261 e. The number of ether oxygens (including phenoxy) is 1. The van der Waals surface area contributed by atoms with Gasteiger partial charge in [0.2, 0.25) is 0 Å². The molecule has 1 atom stereocenters. The van der Waals surface area contributed by atoms with Crippen molar-refractivity contribution in [2.24, 2.45) is 0 Å². The first kappa shape index (κ1) is 19.3. The highest BCUT2D eigenvalue weighted by molar-refractivity contribution is 6.35. The molecule has 0 aliphatic rings. The van der Waals surface area contributed by atoms with Crippen LogP contribution in [0.3, 0.4) is 0 Å². The molecule has 138 valence electrons. The van der Waals surface area contributed by atoms with E-state index < -0.39 is 6.10 Å². The second-order valence-corrected chi connectivity index (χ2v) is 6.95. The highest BCUT2D eigenvalue weighted by Gasteiger charge is 2.15. The molecule has 0 aromatic heterocycles. The van der Waals surface area contributed by atoms with Crippen molar-refractivity contribution in [2.45, 2.75) is 19.6 Å². The van der Waals surface area contributed by atoms with E-state index in [1.54, 1.807) is 25.1 Å². The summed E-state index contributed by atoms with van der Waals surface area (Å²) in [7, 11) is 0. The molecule has 0 radical (unpaired) electrons. The molecule has 27 heavy (non-hydrogen) atoms. The van der Waals surface area contributed by atoms with Crippen LogP contribution in [0, 0.1) is 0 Å². The number of carbonyl (C=O) groups is 1. The first-order chi connectivity index (χ1) is 13.0. The first-order valence-corrected chi connectivity index (χ1v) is 9.32. The van der Waals surface area contributed by atoms with Crippen LogP contribution < -0.4 is 10.1 Å². The number of benzene rings is 3. The van der Waals surface area contributed by atoms with E-state index in [4.69, 9.17) is 27.9 Å². The van der Waals surface area contributed by atoms with Gasteiger partial charge in [-0.2, -0.15) is 0 Å². The van der Waals surface area contributed by atoms with Crippen molar-refractivity contribution >= 4 is 29.1 Å². The molecule has 0 bridgehead atoms. The Morgan fingerprint density at radius 2 is 1.63 bits per heavy atom. The second-order valence-electron chi connectivity index (χ2n) is 6.10. The molecule has 3 nitrogen and oxygen atoms in total. The number of hydrogen-bond donors (Lipinski definition) is 1. The lowest BCUT2D eigenvalue weighted by Gasteiger charge is -2.15. The summed E-state index contributed by atoms with van der Waals surface area (Å²) in [5.41, 5.74) is 3.03. The minimum Gasteiger partial charge on any atom is -0.481 e. The zero-order valence-corrected chi connectivity index (χ0v) is 16.3. The zero-order valence-electron chi connectivity index (χ0n) is 14.8. The Morgan fingerprint density at radius 1 is 0.963 bits per heavy atom. The summed E-state index contributed by atoms with van der Waals surface area (Å²) < 4.78 is 5.74. The van der Waals surface area contributed by atoms with Crippen LogP contribution in [0.2, 0.25) is 10.0 Å². The van der Waals surface area contributed by atoms with Crippen molar-refractivity contribution in [1.82, 2.24) is 5.32 Å². The molecule has 0 fully saturated rings. The second kappa shape index (κ2) is 8.94. The standard InChI is InChI=1S/C22H19Cl2NO2/c1-15(22(26)25-14-18-7-10-19(23)13-21(18)24)27-20-11-8-17(9-12-20)16-5-3-2-4-6-16/h2-13,15H,14H2,1H3,(H,25,26). The van der Waals surface area contributed by atoms with Gasteiger partial charge in [-0.1, -0.05) is 71.7 Å². The number of hydrogen-bond acceptors (Lipinski definition) is 2. The molecule has 0 aliphatic carbocycles. The van der Waals surface area contributed by atoms with E-state index >= 15 is 0 Å². The van der Waals surface area contributed by atoms with E-state index in [1.807, 2.05) is 54.6 Å². The Labute approximate surface area is 168 Å². The maximum Gasteiger partial charge on any atom is 0.261 e. The average molecular weight is 400 g/mol. The minimum absolute atomic E-state index is 0.215. The van der Waals surface area contributed by atoms with Crippen molar-refractivity contribution in [3.05, 3.63) is 88.4 Å². The molecular weight excluding hydrogens is 381 g/mol. The van der Waals surface area contributed by atoms with Crippen molar-refractivity contribution in [3.63, 3.8) is 0 Å². The summed E-state index contributed by atoms with van der Waals surface area (Å²) in [5.74, 6) is 0.426. The Hall–Kier alpha value is -2.49. The normalized spacial score (nSPS) is 11.7. The lowest BCUT2D eigenvalue weighted by molar-refractivity contribution is -0.127. The molecule has 1 N–H and O–H groups in total. The van der Waals surface area contributed by atoms with Crippen LogP contribution in [0.25, 0.3) is 11.1 Å². The molecule has 3 aromatic carbocycles. The van der Waals surface area contributed by atoms with Gasteiger partial charge in [-0.25, -0.2) is 0 Å². The predicted molar refractivity (Wildman–Crippen MR) is 110 cm³/mol. The number of nitrogens with one attached hydrogen (secondary N) is 1. The van der Waals surface area contributed by atoms with Crippen molar-refractivity contribution in [2.75, 3.05) is 0 Å². The summed E-state index contributed by atoms with van der Waals surface area (Å²) >= 11 is 12.0. The molecule has 3 rings (SSSR count). The van der Waals surface area contributed by atoms with Crippen LogP contribution in [0.4, 0.5) is 0 Å². The molecule has 1 amide bonds. The van der Waals surface area contributed by atoms with Gasteiger partial charge in [-0.3, -0.25) is 4.79 Å². The summed E-state index contributed by atoms with van der Waals surface area (Å²) in [6.07, 6.45) is -0.626. The SMILES string of the molecule is CC(Oc1ccc(-c2ccccc2)cc1)C(=O)NCc1ccc(Cl)cc1Cl. The molecule has 0 aliphatic heterocycles. The van der Waals surface area contributed by atoms with Gasteiger partial charge in [0, 0.05) is 16.6 Å². The van der Waals surface area contributed by atoms with E-state index in [9.17, 15) is 4.79 Å². The van der Waals surface area contributed by atoms with Gasteiger partial charge in [-0.15, -0.1) is 0 Å². The summed E-state index contributed by atoms with van der Waals surface area (Å²) in [6.45, 7) is 2.03. The third-order valence-electron chi connectivity index (χ3n) is 4.11. The molecule has 0 saturated carbocycles. The Balaban J connectivity index is 1.56. The van der Waals surface area contributed by atoms with E-state index in [0.717, 1.165) is 16.7 Å². The summed E-state index contributed by atoms with van der Waals surface area (Å²) in [4.78, 5) is 12.3. The van der Waals surface area contributed by atoms with Crippen molar-refractivity contribution < 1.29 is 9.53 Å². The third-order valence-corrected chi connectivity index (χ3v) is 4.70. The van der Waals surface area contributed by atoms with Gasteiger partial charge in [0.1, 0.15) is 5.75 Å². The Morgan fingerprint density at radius 3 is 2.30 bits per heavy atom. The Bertz CT molecular complexity index is 911. The largest absolute Gasteiger partial charge is 0.481 e. The van der Waals surface area contributed by atoms with Crippen LogP contribution in [0.15, 0.2) is 72.8 Å². The van der Waals surface area contributed by atoms with Crippen molar-refractivity contribution in [3.8, 4) is 16.9 Å². The molecule has 1 unspecified atom stereocenters. The fourth-order valence-electron chi connectivity index (χ4n) is 2.61. The lowest BCUT2D eigenvalue weighted by Crippen LogP contribution is -2.35. The van der Waals surface area contributed by atoms with Crippen LogP contribution in [-0.4, -0.2) is 12.0 Å². The van der Waals surface area contributed by atoms with E-state index in [0.29, 0.717) is 22.3 Å². The molecule has 3 aromatic rings. The van der Waals surface area contributed by atoms with Gasteiger partial charge in [0.15, 0.2) is 6.10 Å². The van der Waals surface area contributed by atoms with Gasteiger partial charge < -0.3 is 10.1 Å². The summed E-state index contributed by atoms with van der Waals surface area (Å²) in [6, 6.07) is 22.9. The highest BCUT2D eigenvalue weighted by atomic mass is 35.5. The van der Waals surface area contributed by atoms with Crippen LogP contribution in [0.1, 0.15) is 12.5 Å². The average Bonchev–Trinajstić information content (AvgIpc) is 2.68. The first-order valence-electron chi connectivity index (χ1n) is 8.57. The molecule has 0 heterocycles. The topological polar surface area (TPSA) is 38.3 Å². The quantitative estimate of drug-likeness (QED) is 0.573. The number of carbonyl (C=O) groups excluding carboxylic acids is 1. The van der Waals surface area contributed by atoms with Crippen LogP contribution in [-0.2, 0) is 11.3 Å². The van der Waals surface area contributed by atoms with Crippen LogP contribution >= 0.6 is 23.2 Å². The zero-order chi connectivity index (χ0) is 19.2. The maximum atomic E-state index is 12.3. The fourth-order valence-corrected chi connectivity index (χ4v) is 3.08.